The SMILES string of the molecule is COC(=O)[C@H](Cc1ccccc1)NC(=O)c1ccc(C(=O)C2[C@@H](c3ccccc3)[C@@H]2c2ccccc2)cc1. The van der Waals surface area contributed by atoms with Gasteiger partial charge in [0.15, 0.2) is 5.78 Å². The molecule has 4 aromatic carbocycles. The molecule has 38 heavy (non-hydrogen) atoms. The number of amides is 1. The smallest absolute Gasteiger partial charge is 0.328 e. The fourth-order valence-corrected chi connectivity index (χ4v) is 5.22. The minimum Gasteiger partial charge on any atom is -0.467 e. The molecule has 0 aromatic heterocycles. The second-order valence-corrected chi connectivity index (χ2v) is 9.58. The second kappa shape index (κ2) is 11.3. The summed E-state index contributed by atoms with van der Waals surface area (Å²) in [5, 5.41) is 2.77. The highest BCUT2D eigenvalue weighted by atomic mass is 16.5. The maximum atomic E-state index is 13.6. The molecule has 5 rings (SSSR count). The van der Waals surface area contributed by atoms with Crippen molar-refractivity contribution in [1.82, 2.24) is 5.32 Å². The normalized spacial score (nSPS) is 18.7. The highest BCUT2D eigenvalue weighted by Crippen LogP contribution is 2.61. The van der Waals surface area contributed by atoms with Gasteiger partial charge in [0.05, 0.1) is 7.11 Å². The van der Waals surface area contributed by atoms with E-state index in [1.807, 2.05) is 66.7 Å². The van der Waals surface area contributed by atoms with Gasteiger partial charge in [-0.1, -0.05) is 103 Å². The molecule has 1 aliphatic carbocycles. The number of methoxy groups -OCH3 is 1. The molecule has 190 valence electrons. The molecular weight excluding hydrogens is 474 g/mol. The summed E-state index contributed by atoms with van der Waals surface area (Å²) in [5.74, 6) is -0.765. The first-order valence-corrected chi connectivity index (χ1v) is 12.7. The first-order chi connectivity index (χ1) is 18.6. The summed E-state index contributed by atoms with van der Waals surface area (Å²) >= 11 is 0. The lowest BCUT2D eigenvalue weighted by Crippen LogP contribution is -2.43. The van der Waals surface area contributed by atoms with E-state index in [9.17, 15) is 14.4 Å². The average Bonchev–Trinajstić information content (AvgIpc) is 3.73. The summed E-state index contributed by atoms with van der Waals surface area (Å²) in [5.41, 5.74) is 4.17. The van der Waals surface area contributed by atoms with Crippen molar-refractivity contribution in [3.63, 3.8) is 0 Å². The zero-order valence-electron chi connectivity index (χ0n) is 21.1. The monoisotopic (exact) mass is 503 g/mol. The van der Waals surface area contributed by atoms with Gasteiger partial charge in [0.2, 0.25) is 0 Å². The molecule has 0 bridgehead atoms. The molecule has 0 aliphatic heterocycles. The van der Waals surface area contributed by atoms with Crippen molar-refractivity contribution in [1.29, 1.82) is 0 Å². The topological polar surface area (TPSA) is 72.5 Å². The minimum absolute atomic E-state index is 0.0659. The number of carbonyl (C=O) groups excluding carboxylic acids is 3. The highest BCUT2D eigenvalue weighted by Gasteiger charge is 2.55. The van der Waals surface area contributed by atoms with E-state index in [1.165, 1.54) is 7.11 Å². The van der Waals surface area contributed by atoms with E-state index < -0.39 is 17.9 Å². The number of hydrogen-bond donors (Lipinski definition) is 1. The highest BCUT2D eigenvalue weighted by molar-refractivity contribution is 6.03. The Balaban J connectivity index is 1.31. The van der Waals surface area contributed by atoms with E-state index >= 15 is 0 Å². The fraction of sp³-hybridized carbons (Fsp3) is 0.182. The maximum Gasteiger partial charge on any atom is 0.328 e. The van der Waals surface area contributed by atoms with Crippen LogP contribution in [0.3, 0.4) is 0 Å². The van der Waals surface area contributed by atoms with Crippen molar-refractivity contribution < 1.29 is 19.1 Å². The molecule has 4 aromatic rings. The Morgan fingerprint density at radius 2 is 1.16 bits per heavy atom. The van der Waals surface area contributed by atoms with Gasteiger partial charge in [-0.2, -0.15) is 0 Å². The lowest BCUT2D eigenvalue weighted by Gasteiger charge is -2.17. The van der Waals surface area contributed by atoms with Gasteiger partial charge in [-0.15, -0.1) is 0 Å². The van der Waals surface area contributed by atoms with E-state index in [0.717, 1.165) is 16.7 Å². The summed E-state index contributed by atoms with van der Waals surface area (Å²) in [7, 11) is 1.30. The summed E-state index contributed by atoms with van der Waals surface area (Å²) in [6, 6.07) is 35.6. The van der Waals surface area contributed by atoms with Crippen LogP contribution in [0.1, 0.15) is 49.2 Å². The Labute approximate surface area is 222 Å². The summed E-state index contributed by atoms with van der Waals surface area (Å²) < 4.78 is 4.90. The van der Waals surface area contributed by atoms with Crippen molar-refractivity contribution in [2.24, 2.45) is 5.92 Å². The molecule has 1 amide bonds. The standard InChI is InChI=1S/C33H29NO4/c1-38-33(37)27(21-22-11-5-2-6-12-22)34-32(36)26-19-17-25(18-20-26)31(35)30-28(23-13-7-3-8-14-23)29(30)24-15-9-4-10-16-24/h2-20,27-30H,21H2,1H3,(H,34,36)/t27-,28-,29-/m0/s1. The first-order valence-electron chi connectivity index (χ1n) is 12.7. The number of Topliss-reactive ketones (excluding diaryl/α,β-unsaturated/α-hetero) is 1. The molecule has 1 N–H and O–H groups in total. The Morgan fingerprint density at radius 3 is 1.66 bits per heavy atom. The van der Waals surface area contributed by atoms with Crippen LogP contribution in [0.4, 0.5) is 0 Å². The molecule has 0 radical (unpaired) electrons. The predicted molar refractivity (Wildman–Crippen MR) is 146 cm³/mol. The molecule has 0 heterocycles. The van der Waals surface area contributed by atoms with E-state index in [2.05, 4.69) is 29.6 Å². The quantitative estimate of drug-likeness (QED) is 0.239. The second-order valence-electron chi connectivity index (χ2n) is 9.58. The van der Waals surface area contributed by atoms with Crippen LogP contribution in [0.2, 0.25) is 0 Å². The van der Waals surface area contributed by atoms with Gasteiger partial charge >= 0.3 is 5.97 Å². The number of carbonyl (C=O) groups is 3. The van der Waals surface area contributed by atoms with E-state index in [1.54, 1.807) is 24.3 Å². The van der Waals surface area contributed by atoms with Crippen molar-refractivity contribution in [2.45, 2.75) is 24.3 Å². The molecule has 0 unspecified atom stereocenters. The van der Waals surface area contributed by atoms with E-state index in [-0.39, 0.29) is 23.5 Å². The third kappa shape index (κ3) is 5.42. The zero-order chi connectivity index (χ0) is 26.5. The van der Waals surface area contributed by atoms with E-state index in [0.29, 0.717) is 17.5 Å². The number of ether oxygens (including phenoxy) is 1. The van der Waals surface area contributed by atoms with Crippen LogP contribution in [-0.4, -0.2) is 30.8 Å². The van der Waals surface area contributed by atoms with Crippen LogP contribution in [0, 0.1) is 5.92 Å². The average molecular weight is 504 g/mol. The number of benzene rings is 4. The molecule has 5 heteroatoms. The number of ketones is 1. The third-order valence-electron chi connectivity index (χ3n) is 7.20. The Morgan fingerprint density at radius 1 is 0.684 bits per heavy atom. The van der Waals surface area contributed by atoms with Gasteiger partial charge in [0.1, 0.15) is 6.04 Å². The molecular formula is C33H29NO4. The van der Waals surface area contributed by atoms with Crippen LogP contribution < -0.4 is 5.32 Å². The summed E-state index contributed by atoms with van der Waals surface area (Å²) in [4.78, 5) is 38.9. The molecule has 3 atom stereocenters. The fourth-order valence-electron chi connectivity index (χ4n) is 5.22. The number of nitrogens with one attached hydrogen (secondary N) is 1. The molecule has 1 aliphatic rings. The largest absolute Gasteiger partial charge is 0.467 e. The van der Waals surface area contributed by atoms with Crippen LogP contribution >= 0.6 is 0 Å². The van der Waals surface area contributed by atoms with E-state index in [4.69, 9.17) is 4.74 Å². The molecule has 0 spiro atoms. The first kappa shape index (κ1) is 25.2. The zero-order valence-corrected chi connectivity index (χ0v) is 21.1. The van der Waals surface area contributed by atoms with Crippen molar-refractivity contribution in [3.05, 3.63) is 143 Å². The maximum absolute atomic E-state index is 13.6. The summed E-state index contributed by atoms with van der Waals surface area (Å²) in [6.45, 7) is 0. The van der Waals surface area contributed by atoms with Crippen molar-refractivity contribution in [3.8, 4) is 0 Å². The third-order valence-corrected chi connectivity index (χ3v) is 7.20. The van der Waals surface area contributed by atoms with Crippen LogP contribution in [0.25, 0.3) is 0 Å². The van der Waals surface area contributed by atoms with Crippen molar-refractivity contribution >= 4 is 17.7 Å². The van der Waals surface area contributed by atoms with Crippen LogP contribution in [0.5, 0.6) is 0 Å². The molecule has 1 saturated carbocycles. The summed E-state index contributed by atoms with van der Waals surface area (Å²) in [6.07, 6.45) is 0.319. The van der Waals surface area contributed by atoms with Crippen LogP contribution in [-0.2, 0) is 16.0 Å². The predicted octanol–water partition coefficient (Wildman–Crippen LogP) is 5.58. The number of hydrogen-bond acceptors (Lipinski definition) is 4. The number of esters is 1. The van der Waals surface area contributed by atoms with Gasteiger partial charge in [0.25, 0.3) is 5.91 Å². The van der Waals surface area contributed by atoms with Gasteiger partial charge in [-0.05, 0) is 28.8 Å². The van der Waals surface area contributed by atoms with Gasteiger partial charge < -0.3 is 10.1 Å². The molecule has 0 saturated heterocycles. The molecule has 5 nitrogen and oxygen atoms in total. The van der Waals surface area contributed by atoms with Crippen molar-refractivity contribution in [2.75, 3.05) is 7.11 Å². The lowest BCUT2D eigenvalue weighted by atomic mass is 10.0. The van der Waals surface area contributed by atoms with Gasteiger partial charge in [-0.3, -0.25) is 9.59 Å². The lowest BCUT2D eigenvalue weighted by molar-refractivity contribution is -0.142. The minimum atomic E-state index is -0.819. The molecule has 1 fully saturated rings. The Kier molecular flexibility index (Phi) is 7.45. The number of rotatable bonds is 9. The Hall–Kier alpha value is -4.51. The Bertz CT molecular complexity index is 1360. The van der Waals surface area contributed by atoms with Gasteiger partial charge in [0, 0.05) is 35.3 Å². The van der Waals surface area contributed by atoms with Crippen LogP contribution in [0.15, 0.2) is 115 Å². The van der Waals surface area contributed by atoms with Gasteiger partial charge in [-0.25, -0.2) is 4.79 Å².